The average molecular weight is 482 g/mol. The Labute approximate surface area is 200 Å². The molecule has 3 fully saturated rings. The monoisotopic (exact) mass is 481 g/mol. The Morgan fingerprint density at radius 1 is 1.00 bits per heavy atom. The van der Waals surface area contributed by atoms with Crippen LogP contribution in [-0.4, -0.2) is 101 Å². The number of aliphatic hydroxyl groups is 4. The third-order valence-corrected chi connectivity index (χ3v) is 7.58. The molecule has 192 valence electrons. The summed E-state index contributed by atoms with van der Waals surface area (Å²) in [7, 11) is 3.30. The molecule has 0 bridgehead atoms. The van der Waals surface area contributed by atoms with Crippen molar-refractivity contribution in [3.8, 4) is 0 Å². The Bertz CT molecular complexity index is 875. The number of hydrogen-bond donors (Lipinski definition) is 7. The Balaban J connectivity index is 1.57. The first kappa shape index (κ1) is 25.9. The van der Waals surface area contributed by atoms with E-state index in [1.807, 2.05) is 26.0 Å². The summed E-state index contributed by atoms with van der Waals surface area (Å²) in [6, 6.07) is 4.83. The van der Waals surface area contributed by atoms with E-state index >= 15 is 0 Å². The molecule has 0 amide bonds. The Morgan fingerprint density at radius 2 is 1.71 bits per heavy atom. The zero-order valence-electron chi connectivity index (χ0n) is 20.5. The van der Waals surface area contributed by atoms with Crippen LogP contribution in [0.25, 0.3) is 0 Å². The normalized spacial score (nSPS) is 44.4. The number of nitrogens with one attached hydrogen (secondary N) is 3. The molecular weight excluding hydrogens is 442 g/mol. The maximum absolute atomic E-state index is 11.7. The first-order valence-corrected chi connectivity index (χ1v) is 12.0. The van der Waals surface area contributed by atoms with Gasteiger partial charge in [-0.3, -0.25) is 0 Å². The van der Waals surface area contributed by atoms with E-state index in [0.29, 0.717) is 6.54 Å². The van der Waals surface area contributed by atoms with Crippen LogP contribution < -0.4 is 16.0 Å². The number of ether oxygens (including phenoxy) is 3. The smallest absolute Gasteiger partial charge is 0.249 e. The molecule has 2 saturated heterocycles. The zero-order valence-corrected chi connectivity index (χ0v) is 20.5. The molecule has 0 spiro atoms. The van der Waals surface area contributed by atoms with Crippen molar-refractivity contribution >= 4 is 0 Å². The van der Waals surface area contributed by atoms with Crippen LogP contribution in [0, 0.1) is 13.8 Å². The molecular formula is C24H39N3O7. The van der Waals surface area contributed by atoms with Crippen molar-refractivity contribution in [1.82, 2.24) is 16.0 Å². The minimum absolute atomic E-state index is 0.0240. The molecule has 0 aromatic heterocycles. The summed E-state index contributed by atoms with van der Waals surface area (Å²) < 4.78 is 18.0. The minimum atomic E-state index is -2.21. The van der Waals surface area contributed by atoms with Gasteiger partial charge >= 0.3 is 0 Å². The molecule has 10 nitrogen and oxygen atoms in total. The van der Waals surface area contributed by atoms with Gasteiger partial charge in [0.25, 0.3) is 0 Å². The van der Waals surface area contributed by atoms with Gasteiger partial charge in [-0.1, -0.05) is 23.8 Å². The third kappa shape index (κ3) is 4.30. The van der Waals surface area contributed by atoms with E-state index in [1.54, 1.807) is 21.0 Å². The van der Waals surface area contributed by atoms with Crippen LogP contribution in [-0.2, 0) is 20.8 Å². The Kier molecular flexibility index (Phi) is 7.39. The van der Waals surface area contributed by atoms with Crippen molar-refractivity contribution in [2.45, 2.75) is 94.0 Å². The molecule has 10 heteroatoms. The lowest BCUT2D eigenvalue weighted by molar-refractivity contribution is -0.482. The highest BCUT2D eigenvalue weighted by atomic mass is 16.8. The third-order valence-electron chi connectivity index (χ3n) is 7.58. The van der Waals surface area contributed by atoms with Crippen LogP contribution in [0.15, 0.2) is 18.2 Å². The van der Waals surface area contributed by atoms with E-state index in [-0.39, 0.29) is 13.0 Å². The Hall–Kier alpha value is -1.18. The number of rotatable bonds is 6. The average Bonchev–Trinajstić information content (AvgIpc) is 2.76. The maximum atomic E-state index is 11.7. The molecule has 1 unspecified atom stereocenters. The summed E-state index contributed by atoms with van der Waals surface area (Å²) in [5, 5.41) is 54.2. The molecule has 1 aromatic carbocycles. The van der Waals surface area contributed by atoms with Crippen LogP contribution in [0.3, 0.4) is 0 Å². The van der Waals surface area contributed by atoms with Crippen molar-refractivity contribution in [2.75, 3.05) is 20.6 Å². The van der Waals surface area contributed by atoms with E-state index in [9.17, 15) is 20.4 Å². The maximum Gasteiger partial charge on any atom is 0.249 e. The number of aryl methyl sites for hydroxylation is 2. The molecule has 10 atom stereocenters. The molecule has 2 aliphatic heterocycles. The molecule has 1 aliphatic carbocycles. The van der Waals surface area contributed by atoms with Crippen molar-refractivity contribution < 1.29 is 34.6 Å². The van der Waals surface area contributed by atoms with Gasteiger partial charge in [-0.25, -0.2) is 0 Å². The molecule has 1 saturated carbocycles. The van der Waals surface area contributed by atoms with Crippen molar-refractivity contribution in [3.63, 3.8) is 0 Å². The lowest BCUT2D eigenvalue weighted by atomic mass is 9.77. The van der Waals surface area contributed by atoms with Crippen molar-refractivity contribution in [3.05, 3.63) is 34.9 Å². The van der Waals surface area contributed by atoms with Gasteiger partial charge in [-0.15, -0.1) is 0 Å². The van der Waals surface area contributed by atoms with Gasteiger partial charge in [0.15, 0.2) is 0 Å². The molecule has 1 aromatic rings. The van der Waals surface area contributed by atoms with Gasteiger partial charge in [0.05, 0.1) is 24.3 Å². The Morgan fingerprint density at radius 3 is 2.35 bits per heavy atom. The predicted molar refractivity (Wildman–Crippen MR) is 124 cm³/mol. The van der Waals surface area contributed by atoms with Crippen LogP contribution in [0.1, 0.15) is 30.0 Å². The highest BCUT2D eigenvalue weighted by Gasteiger charge is 2.68. The van der Waals surface area contributed by atoms with E-state index < -0.39 is 60.3 Å². The largest absolute Gasteiger partial charge is 0.390 e. The summed E-state index contributed by atoms with van der Waals surface area (Å²) in [6.07, 6.45) is -5.58. The van der Waals surface area contributed by atoms with Crippen LogP contribution in [0.4, 0.5) is 0 Å². The van der Waals surface area contributed by atoms with Crippen LogP contribution >= 0.6 is 0 Å². The molecule has 2 heterocycles. The number of fused-ring (bicyclic) bond motifs is 2. The van der Waals surface area contributed by atoms with E-state index in [0.717, 1.165) is 11.1 Å². The highest BCUT2D eigenvalue weighted by molar-refractivity contribution is 5.30. The zero-order chi connectivity index (χ0) is 24.8. The van der Waals surface area contributed by atoms with Gasteiger partial charge in [-0.05, 0) is 46.0 Å². The molecule has 0 radical (unpaired) electrons. The summed E-state index contributed by atoms with van der Waals surface area (Å²) in [5.74, 6) is -2.21. The van der Waals surface area contributed by atoms with E-state index in [1.165, 1.54) is 5.56 Å². The van der Waals surface area contributed by atoms with Crippen molar-refractivity contribution in [2.24, 2.45) is 0 Å². The topological polar surface area (TPSA) is 145 Å². The standard InChI is InChI=1S/C24H39N3O7/c1-12-6-7-15(13(2)8-12)10-27-11-23(30)9-14(3)32-22-24(23,31)34-20-17(26-5)18(28)16(25-4)19(29)21(20)33-22/h6-8,14,16-22,25-31H,9-11H2,1-5H3/t14-,16-,17+,18+,19+,20-,21?,22+,23-,24-/m1/s1. The lowest BCUT2D eigenvalue weighted by Gasteiger charge is -2.60. The number of hydrogen-bond acceptors (Lipinski definition) is 10. The van der Waals surface area contributed by atoms with Crippen LogP contribution in [0.2, 0.25) is 0 Å². The highest BCUT2D eigenvalue weighted by Crippen LogP contribution is 2.46. The molecule has 34 heavy (non-hydrogen) atoms. The molecule has 7 N–H and O–H groups in total. The summed E-state index contributed by atoms with van der Waals surface area (Å²) in [5.41, 5.74) is 1.66. The fraction of sp³-hybridized carbons (Fsp3) is 0.750. The fourth-order valence-corrected chi connectivity index (χ4v) is 5.68. The van der Waals surface area contributed by atoms with Gasteiger partial charge in [0, 0.05) is 19.5 Å². The number of benzene rings is 1. The van der Waals surface area contributed by atoms with E-state index in [4.69, 9.17) is 14.2 Å². The van der Waals surface area contributed by atoms with Crippen LogP contribution in [0.5, 0.6) is 0 Å². The van der Waals surface area contributed by atoms with Gasteiger partial charge in [-0.2, -0.15) is 0 Å². The van der Waals surface area contributed by atoms with Gasteiger partial charge < -0.3 is 50.6 Å². The summed E-state index contributed by atoms with van der Waals surface area (Å²) in [4.78, 5) is 0. The number of aliphatic hydroxyl groups excluding tert-OH is 2. The second kappa shape index (κ2) is 9.70. The minimum Gasteiger partial charge on any atom is -0.390 e. The van der Waals surface area contributed by atoms with Gasteiger partial charge in [0.2, 0.25) is 12.1 Å². The summed E-state index contributed by atoms with van der Waals surface area (Å²) >= 11 is 0. The SMILES string of the molecule is CN[C@@H]1[C@H](O)[C@H](NC)[C@H]2O[C@]3(O)[C@H](OC2[C@H]1O)O[C@H](C)C[C@@]3(O)CNCc1ccc(C)cc1C. The lowest BCUT2D eigenvalue weighted by Crippen LogP contribution is -2.81. The molecule has 3 aliphatic rings. The van der Waals surface area contributed by atoms with E-state index in [2.05, 4.69) is 22.0 Å². The first-order valence-electron chi connectivity index (χ1n) is 12.0. The summed E-state index contributed by atoms with van der Waals surface area (Å²) in [6.45, 7) is 6.38. The predicted octanol–water partition coefficient (Wildman–Crippen LogP) is -1.36. The second-order valence-electron chi connectivity index (χ2n) is 10.0. The van der Waals surface area contributed by atoms with Gasteiger partial charge in [0.1, 0.15) is 23.9 Å². The van der Waals surface area contributed by atoms with Crippen molar-refractivity contribution in [1.29, 1.82) is 0 Å². The quantitative estimate of drug-likeness (QED) is 0.260. The second-order valence-corrected chi connectivity index (χ2v) is 10.0. The number of likely N-dealkylation sites (N-methyl/N-ethyl adjacent to an activating group) is 2. The fourth-order valence-electron chi connectivity index (χ4n) is 5.68. The first-order chi connectivity index (χ1) is 16.0. The molecule has 4 rings (SSSR count).